The predicted molar refractivity (Wildman–Crippen MR) is 69.5 cm³/mol. The summed E-state index contributed by atoms with van der Waals surface area (Å²) in [6, 6.07) is 8.28. The second-order valence-corrected chi connectivity index (χ2v) is 4.62. The van der Waals surface area contributed by atoms with Gasteiger partial charge in [0.25, 0.3) is 0 Å². The Bertz CT molecular complexity index is 625. The molecule has 0 fully saturated rings. The van der Waals surface area contributed by atoms with Gasteiger partial charge in [0.05, 0.1) is 0 Å². The molecule has 0 bridgehead atoms. The Morgan fingerprint density at radius 1 is 1.56 bits per heavy atom. The molecule has 0 radical (unpaired) electrons. The first-order valence-corrected chi connectivity index (χ1v) is 5.77. The van der Waals surface area contributed by atoms with E-state index >= 15 is 0 Å². The first-order chi connectivity index (χ1) is 8.43. The molecule has 92 valence electrons. The minimum Gasteiger partial charge on any atom is -0.593 e. The molecule has 0 aliphatic rings. The van der Waals surface area contributed by atoms with Gasteiger partial charge >= 0.3 is 0 Å². The van der Waals surface area contributed by atoms with Crippen molar-refractivity contribution >= 4 is 22.2 Å². The molecule has 2 aromatic rings. The lowest BCUT2D eigenvalue weighted by Gasteiger charge is -2.27. The molecular weight excluding hydrogens is 252 g/mol. The van der Waals surface area contributed by atoms with Crippen LogP contribution in [0.25, 0.3) is 11.3 Å². The average molecular weight is 262 g/mol. The van der Waals surface area contributed by atoms with Crippen molar-refractivity contribution < 1.29 is 5.21 Å². The molecule has 2 rings (SSSR count). The van der Waals surface area contributed by atoms with E-state index in [-0.39, 0.29) is 11.3 Å². The van der Waals surface area contributed by atoms with Gasteiger partial charge in [-0.05, 0) is 11.5 Å². The first-order valence-electron chi connectivity index (χ1n) is 5.00. The van der Waals surface area contributed by atoms with Crippen LogP contribution in [0, 0.1) is 16.5 Å². The third kappa shape index (κ3) is 2.18. The van der Waals surface area contributed by atoms with Crippen LogP contribution in [-0.4, -0.2) is 16.6 Å². The summed E-state index contributed by atoms with van der Waals surface area (Å²) in [5.41, 5.74) is 7.08. The normalized spacial score (nSPS) is 13.9. The molecule has 18 heavy (non-hydrogen) atoms. The number of aromatic nitrogens is 1. The summed E-state index contributed by atoms with van der Waals surface area (Å²) >= 11 is 1.02. The second kappa shape index (κ2) is 4.36. The molecule has 3 N–H and O–H groups in total. The highest BCUT2D eigenvalue weighted by Crippen LogP contribution is 2.32. The molecule has 1 atom stereocenters. The average Bonchev–Trinajstić information content (AvgIpc) is 2.69. The predicted octanol–water partition coefficient (Wildman–Crippen LogP) is 2.09. The second-order valence-electron chi connectivity index (χ2n) is 3.81. The van der Waals surface area contributed by atoms with Gasteiger partial charge < -0.3 is 10.9 Å². The van der Waals surface area contributed by atoms with Crippen LogP contribution in [0.5, 0.6) is 0 Å². The van der Waals surface area contributed by atoms with Gasteiger partial charge in [0.2, 0.25) is 0 Å². The smallest absolute Gasteiger partial charge is 0.165 e. The van der Waals surface area contributed by atoms with Crippen molar-refractivity contribution in [3.8, 4) is 17.3 Å². The Hall–Kier alpha value is -1.98. The zero-order chi connectivity index (χ0) is 13.3. The minimum absolute atomic E-state index is 0.156. The zero-order valence-electron chi connectivity index (χ0n) is 9.49. The summed E-state index contributed by atoms with van der Waals surface area (Å²) in [7, 11) is 1.10. The minimum atomic E-state index is -1.53. The summed E-state index contributed by atoms with van der Waals surface area (Å²) in [6.07, 6.45) is 0. The summed E-state index contributed by atoms with van der Waals surface area (Å²) in [5, 5.41) is 30.1. The topological polar surface area (TPSA) is 106 Å². The van der Waals surface area contributed by atoms with Crippen molar-refractivity contribution in [2.75, 3.05) is 12.8 Å². The maximum absolute atomic E-state index is 11.4. The van der Waals surface area contributed by atoms with Crippen LogP contribution in [0.3, 0.4) is 0 Å². The van der Waals surface area contributed by atoms with E-state index in [0.717, 1.165) is 18.6 Å². The molecule has 1 aromatic heterocycles. The monoisotopic (exact) mass is 262 g/mol. The molecule has 0 spiro atoms. The van der Waals surface area contributed by atoms with Gasteiger partial charge in [-0.3, -0.25) is 0 Å². The van der Waals surface area contributed by atoms with E-state index in [0.29, 0.717) is 16.3 Å². The van der Waals surface area contributed by atoms with E-state index < -0.39 is 4.81 Å². The lowest BCUT2D eigenvalue weighted by molar-refractivity contribution is -0.00436. The van der Waals surface area contributed by atoms with Crippen molar-refractivity contribution in [2.45, 2.75) is 0 Å². The highest BCUT2D eigenvalue weighted by Gasteiger charge is 2.17. The van der Waals surface area contributed by atoms with Crippen LogP contribution >= 0.6 is 11.5 Å². The highest BCUT2D eigenvalue weighted by molar-refractivity contribution is 7.10. The van der Waals surface area contributed by atoms with Gasteiger partial charge in [-0.15, -0.1) is 0 Å². The standard InChI is InChI=1S/C11H10N4O2S/c1-15(16,17)8-4-2-3-7(5-8)10-9(6-12)11(13)18-14-10/h2-5,16H,13H2,1H3. The van der Waals surface area contributed by atoms with Crippen molar-refractivity contribution in [3.05, 3.63) is 35.0 Å². The molecule has 0 saturated carbocycles. The quantitative estimate of drug-likeness (QED) is 0.636. The maximum atomic E-state index is 11.4. The number of hydrogen-bond acceptors (Lipinski definition) is 6. The molecule has 6 nitrogen and oxygen atoms in total. The SMILES string of the molecule is C[N+]([O-])(O)c1cccc(-c2nsc(N)c2C#N)c1. The van der Waals surface area contributed by atoms with E-state index in [1.54, 1.807) is 12.1 Å². The van der Waals surface area contributed by atoms with Gasteiger partial charge in [0.1, 0.15) is 29.4 Å². The van der Waals surface area contributed by atoms with Crippen LogP contribution in [0.2, 0.25) is 0 Å². The van der Waals surface area contributed by atoms with Crippen LogP contribution in [0.1, 0.15) is 5.56 Å². The Labute approximate surface area is 107 Å². The van der Waals surface area contributed by atoms with Crippen molar-refractivity contribution in [3.63, 3.8) is 0 Å². The van der Waals surface area contributed by atoms with Gasteiger partial charge in [-0.2, -0.15) is 14.4 Å². The molecule has 7 heteroatoms. The number of hydrogen-bond donors (Lipinski definition) is 2. The molecule has 1 heterocycles. The molecule has 0 amide bonds. The van der Waals surface area contributed by atoms with E-state index in [1.165, 1.54) is 12.1 Å². The molecular formula is C11H10N4O2S. The summed E-state index contributed by atoms with van der Waals surface area (Å²) < 4.78 is 4.08. The lowest BCUT2D eigenvalue weighted by atomic mass is 10.1. The van der Waals surface area contributed by atoms with Gasteiger partial charge in [-0.25, -0.2) is 5.21 Å². The molecule has 0 aliphatic heterocycles. The summed E-state index contributed by atoms with van der Waals surface area (Å²) in [4.78, 5) is -1.53. The van der Waals surface area contributed by atoms with E-state index in [4.69, 9.17) is 11.0 Å². The Morgan fingerprint density at radius 3 is 2.89 bits per heavy atom. The van der Waals surface area contributed by atoms with E-state index in [2.05, 4.69) is 4.37 Å². The lowest BCUT2D eigenvalue weighted by Crippen LogP contribution is -2.33. The number of anilines is 1. The first kappa shape index (κ1) is 12.5. The zero-order valence-corrected chi connectivity index (χ0v) is 10.3. The maximum Gasteiger partial charge on any atom is 0.165 e. The van der Waals surface area contributed by atoms with E-state index in [9.17, 15) is 10.4 Å². The largest absolute Gasteiger partial charge is 0.593 e. The highest BCUT2D eigenvalue weighted by atomic mass is 32.1. The van der Waals surface area contributed by atoms with Crippen LogP contribution in [0.15, 0.2) is 24.3 Å². The molecule has 0 saturated heterocycles. The number of nitriles is 1. The third-order valence-electron chi connectivity index (χ3n) is 2.43. The number of hydroxylamine groups is 2. The molecule has 1 unspecified atom stereocenters. The van der Waals surface area contributed by atoms with Gasteiger partial charge in [0.15, 0.2) is 5.69 Å². The van der Waals surface area contributed by atoms with Crippen LogP contribution in [-0.2, 0) is 0 Å². The number of quaternary nitrogens is 1. The van der Waals surface area contributed by atoms with Crippen LogP contribution in [0.4, 0.5) is 10.7 Å². The number of benzene rings is 1. The fourth-order valence-electron chi connectivity index (χ4n) is 1.52. The Kier molecular flexibility index (Phi) is 3.02. The number of rotatable bonds is 2. The Morgan fingerprint density at radius 2 is 2.28 bits per heavy atom. The van der Waals surface area contributed by atoms with Gasteiger partial charge in [-0.1, -0.05) is 12.1 Å². The third-order valence-corrected chi connectivity index (χ3v) is 3.10. The fraction of sp³-hybridized carbons (Fsp3) is 0.0909. The van der Waals surface area contributed by atoms with E-state index in [1.807, 2.05) is 6.07 Å². The number of nitrogen functional groups attached to an aromatic ring is 1. The van der Waals surface area contributed by atoms with Crippen molar-refractivity contribution in [1.82, 2.24) is 9.18 Å². The summed E-state index contributed by atoms with van der Waals surface area (Å²) in [5.74, 6) is 0. The molecule has 0 aliphatic carbocycles. The Balaban J connectivity index is 2.56. The number of nitrogens with two attached hydrogens (primary N) is 1. The van der Waals surface area contributed by atoms with Crippen LogP contribution < -0.4 is 10.5 Å². The van der Waals surface area contributed by atoms with Crippen molar-refractivity contribution in [2.24, 2.45) is 0 Å². The van der Waals surface area contributed by atoms with Gasteiger partial charge in [0, 0.05) is 17.7 Å². The molecule has 1 aromatic carbocycles. The fourth-order valence-corrected chi connectivity index (χ4v) is 2.14. The van der Waals surface area contributed by atoms with Crippen molar-refractivity contribution in [1.29, 1.82) is 5.26 Å². The number of nitrogens with zero attached hydrogens (tertiary/aromatic N) is 3. The summed E-state index contributed by atoms with van der Waals surface area (Å²) in [6.45, 7) is 0.